The Morgan fingerprint density at radius 3 is 2.38 bits per heavy atom. The second kappa shape index (κ2) is 5.84. The van der Waals surface area contributed by atoms with E-state index in [1.807, 2.05) is 6.92 Å². The van der Waals surface area contributed by atoms with Crippen molar-refractivity contribution < 1.29 is 8.42 Å². The molecular weight excluding hydrogens is 335 g/mol. The quantitative estimate of drug-likeness (QED) is 0.827. The van der Waals surface area contributed by atoms with Crippen LogP contribution in [0.15, 0.2) is 23.2 Å². The van der Waals surface area contributed by atoms with Crippen molar-refractivity contribution in [1.82, 2.24) is 14.5 Å². The molecule has 0 bridgehead atoms. The molecule has 21 heavy (non-hydrogen) atoms. The van der Waals surface area contributed by atoms with Crippen LogP contribution >= 0.6 is 23.2 Å². The highest BCUT2D eigenvalue weighted by Gasteiger charge is 2.22. The average Bonchev–Trinajstić information content (AvgIpc) is 2.66. The van der Waals surface area contributed by atoms with Crippen LogP contribution in [-0.2, 0) is 23.6 Å². The van der Waals surface area contributed by atoms with Crippen molar-refractivity contribution in [3.05, 3.63) is 39.6 Å². The van der Waals surface area contributed by atoms with E-state index in [1.54, 1.807) is 17.9 Å². The third-order valence-corrected chi connectivity index (χ3v) is 5.40. The van der Waals surface area contributed by atoms with E-state index in [-0.39, 0.29) is 21.5 Å². The van der Waals surface area contributed by atoms with Gasteiger partial charge in [0.2, 0.25) is 10.0 Å². The van der Waals surface area contributed by atoms with Gasteiger partial charge in [0.1, 0.15) is 4.90 Å². The van der Waals surface area contributed by atoms with Crippen LogP contribution in [0.5, 0.6) is 0 Å². The molecule has 0 radical (unpaired) electrons. The molecule has 0 fully saturated rings. The molecule has 0 aliphatic heterocycles. The van der Waals surface area contributed by atoms with Crippen LogP contribution in [-0.4, -0.2) is 18.2 Å². The van der Waals surface area contributed by atoms with E-state index in [0.717, 1.165) is 11.3 Å². The van der Waals surface area contributed by atoms with Crippen LogP contribution < -0.4 is 10.5 Å². The zero-order chi connectivity index (χ0) is 15.8. The summed E-state index contributed by atoms with van der Waals surface area (Å²) in [5.41, 5.74) is 7.50. The van der Waals surface area contributed by atoms with E-state index in [9.17, 15) is 8.42 Å². The SMILES string of the molecule is Cc1c(CNS(=O)(=O)c2c(Cl)cc(N)cc2Cl)cnn1C. The van der Waals surface area contributed by atoms with Gasteiger partial charge in [-0.3, -0.25) is 4.68 Å². The van der Waals surface area contributed by atoms with Gasteiger partial charge in [0.15, 0.2) is 0 Å². The number of sulfonamides is 1. The maximum absolute atomic E-state index is 12.3. The molecule has 1 aromatic carbocycles. The van der Waals surface area contributed by atoms with E-state index >= 15 is 0 Å². The van der Waals surface area contributed by atoms with Crippen molar-refractivity contribution >= 4 is 38.9 Å². The standard InChI is InChI=1S/C12H14Cl2N4O2S/c1-7-8(5-16-18(7)2)6-17-21(19,20)12-10(13)3-9(15)4-11(12)14/h3-5,17H,6,15H2,1-2H3. The number of hydrogen-bond donors (Lipinski definition) is 2. The van der Waals surface area contributed by atoms with Gasteiger partial charge in [-0.25, -0.2) is 13.1 Å². The molecule has 114 valence electrons. The Balaban J connectivity index is 2.29. The van der Waals surface area contributed by atoms with Crippen LogP contribution in [0.3, 0.4) is 0 Å². The van der Waals surface area contributed by atoms with Gasteiger partial charge in [0.25, 0.3) is 0 Å². The Morgan fingerprint density at radius 2 is 1.90 bits per heavy atom. The van der Waals surface area contributed by atoms with Crippen molar-refractivity contribution in [2.24, 2.45) is 7.05 Å². The van der Waals surface area contributed by atoms with Crippen LogP contribution in [0.2, 0.25) is 10.0 Å². The molecule has 0 spiro atoms. The van der Waals surface area contributed by atoms with Crippen molar-refractivity contribution in [3.63, 3.8) is 0 Å². The molecule has 0 saturated carbocycles. The summed E-state index contributed by atoms with van der Waals surface area (Å²) in [7, 11) is -2.07. The fourth-order valence-electron chi connectivity index (χ4n) is 1.80. The van der Waals surface area contributed by atoms with Gasteiger partial charge < -0.3 is 5.73 Å². The number of nitrogens with one attached hydrogen (secondary N) is 1. The molecule has 0 saturated heterocycles. The number of rotatable bonds is 4. The Hall–Kier alpha value is -1.28. The highest BCUT2D eigenvalue weighted by molar-refractivity contribution is 7.89. The lowest BCUT2D eigenvalue weighted by atomic mass is 10.3. The maximum Gasteiger partial charge on any atom is 0.243 e. The van der Waals surface area contributed by atoms with Crippen LogP contribution in [0.25, 0.3) is 0 Å². The number of benzene rings is 1. The molecule has 0 aliphatic rings. The minimum absolute atomic E-state index is 0.0181. The van der Waals surface area contributed by atoms with E-state index in [1.165, 1.54) is 12.1 Å². The lowest BCUT2D eigenvalue weighted by Crippen LogP contribution is -2.24. The maximum atomic E-state index is 12.3. The number of aromatic nitrogens is 2. The Labute approximate surface area is 132 Å². The first-order chi connectivity index (χ1) is 9.72. The molecule has 0 amide bonds. The number of nitrogens with two attached hydrogens (primary N) is 1. The summed E-state index contributed by atoms with van der Waals surface area (Å²) in [4.78, 5) is -0.179. The fourth-order valence-corrected chi connectivity index (χ4v) is 4.03. The smallest absolute Gasteiger partial charge is 0.243 e. The molecule has 0 aliphatic carbocycles. The predicted octanol–water partition coefficient (Wildman–Crippen LogP) is 2.10. The third-order valence-electron chi connectivity index (χ3n) is 3.08. The summed E-state index contributed by atoms with van der Waals surface area (Å²) in [5, 5.41) is 4.01. The molecule has 3 N–H and O–H groups in total. The number of halogens is 2. The summed E-state index contributed by atoms with van der Waals surface area (Å²) in [6.45, 7) is 1.94. The Bertz CT molecular complexity index is 764. The Morgan fingerprint density at radius 1 is 1.33 bits per heavy atom. The van der Waals surface area contributed by atoms with E-state index in [2.05, 4.69) is 9.82 Å². The molecular formula is C12H14Cl2N4O2S. The largest absolute Gasteiger partial charge is 0.399 e. The van der Waals surface area contributed by atoms with Crippen LogP contribution in [0.1, 0.15) is 11.3 Å². The van der Waals surface area contributed by atoms with Gasteiger partial charge in [-0.05, 0) is 19.1 Å². The first-order valence-corrected chi connectivity index (χ1v) is 8.18. The molecule has 0 atom stereocenters. The molecule has 0 unspecified atom stereocenters. The third kappa shape index (κ3) is 3.32. The first kappa shape index (κ1) is 16.1. The summed E-state index contributed by atoms with van der Waals surface area (Å²) < 4.78 is 28.8. The van der Waals surface area contributed by atoms with Crippen molar-refractivity contribution in [2.45, 2.75) is 18.4 Å². The Kier molecular flexibility index (Phi) is 4.48. The highest BCUT2D eigenvalue weighted by atomic mass is 35.5. The molecule has 9 heteroatoms. The van der Waals surface area contributed by atoms with Crippen molar-refractivity contribution in [2.75, 3.05) is 5.73 Å². The number of nitrogens with zero attached hydrogens (tertiary/aromatic N) is 2. The van der Waals surface area contributed by atoms with Gasteiger partial charge in [-0.2, -0.15) is 5.10 Å². The fraction of sp³-hybridized carbons (Fsp3) is 0.250. The lowest BCUT2D eigenvalue weighted by Gasteiger charge is -2.10. The van der Waals surface area contributed by atoms with Gasteiger partial charge in [0.05, 0.1) is 16.2 Å². The molecule has 1 aromatic heterocycles. The highest BCUT2D eigenvalue weighted by Crippen LogP contribution is 2.31. The van der Waals surface area contributed by atoms with E-state index in [0.29, 0.717) is 5.69 Å². The van der Waals surface area contributed by atoms with Gasteiger partial charge in [-0.15, -0.1) is 0 Å². The van der Waals surface area contributed by atoms with Gasteiger partial charge in [-0.1, -0.05) is 23.2 Å². The summed E-state index contributed by atoms with van der Waals surface area (Å²) in [6, 6.07) is 2.69. The number of aryl methyl sites for hydroxylation is 1. The minimum atomic E-state index is -3.85. The topological polar surface area (TPSA) is 90.0 Å². The lowest BCUT2D eigenvalue weighted by molar-refractivity contribution is 0.581. The van der Waals surface area contributed by atoms with Crippen molar-refractivity contribution in [3.8, 4) is 0 Å². The number of hydrogen-bond acceptors (Lipinski definition) is 4. The van der Waals surface area contributed by atoms with E-state index in [4.69, 9.17) is 28.9 Å². The second-order valence-electron chi connectivity index (χ2n) is 4.52. The summed E-state index contributed by atoms with van der Waals surface area (Å²) >= 11 is 11.9. The first-order valence-electron chi connectivity index (χ1n) is 5.94. The molecule has 1 heterocycles. The van der Waals surface area contributed by atoms with Crippen molar-refractivity contribution in [1.29, 1.82) is 0 Å². The van der Waals surface area contributed by atoms with Crippen LogP contribution in [0, 0.1) is 6.92 Å². The monoisotopic (exact) mass is 348 g/mol. The zero-order valence-corrected chi connectivity index (χ0v) is 13.7. The number of nitrogen functional groups attached to an aromatic ring is 1. The molecule has 6 nitrogen and oxygen atoms in total. The normalized spacial score (nSPS) is 11.8. The number of anilines is 1. The predicted molar refractivity (Wildman–Crippen MR) is 82.8 cm³/mol. The van der Waals surface area contributed by atoms with Gasteiger partial charge in [0, 0.05) is 30.5 Å². The summed E-state index contributed by atoms with van der Waals surface area (Å²) in [6.07, 6.45) is 1.60. The van der Waals surface area contributed by atoms with E-state index < -0.39 is 10.0 Å². The molecule has 2 rings (SSSR count). The zero-order valence-electron chi connectivity index (χ0n) is 11.4. The van der Waals surface area contributed by atoms with Crippen LogP contribution in [0.4, 0.5) is 5.69 Å². The van der Waals surface area contributed by atoms with Gasteiger partial charge >= 0.3 is 0 Å². The second-order valence-corrected chi connectivity index (χ2v) is 7.04. The summed E-state index contributed by atoms with van der Waals surface area (Å²) in [5.74, 6) is 0. The average molecular weight is 349 g/mol. The minimum Gasteiger partial charge on any atom is -0.399 e. The molecule has 2 aromatic rings.